The fraction of sp³-hybridized carbons (Fsp3) is 0.300. The standard InChI is InChI=1S/C20H21FN2OS/c1-14-5-3-6-18(15(14)2)23(20-22-11-4-12-25-20)13-19(24)16-7-9-17(21)10-8-16/h3,5-10H,4,11-13H2,1-2H3. The van der Waals surface area contributed by atoms with Gasteiger partial charge in [0, 0.05) is 23.5 Å². The van der Waals surface area contributed by atoms with E-state index in [-0.39, 0.29) is 18.1 Å². The number of nitrogens with zero attached hydrogens (tertiary/aromatic N) is 2. The van der Waals surface area contributed by atoms with Crippen LogP contribution in [0.25, 0.3) is 0 Å². The Balaban J connectivity index is 1.94. The Kier molecular flexibility index (Phi) is 5.53. The summed E-state index contributed by atoms with van der Waals surface area (Å²) in [5.41, 5.74) is 3.84. The summed E-state index contributed by atoms with van der Waals surface area (Å²) in [4.78, 5) is 19.4. The lowest BCUT2D eigenvalue weighted by Gasteiger charge is -2.29. The third-order valence-electron chi connectivity index (χ3n) is 4.35. The van der Waals surface area contributed by atoms with Crippen LogP contribution in [0, 0.1) is 19.7 Å². The van der Waals surface area contributed by atoms with Crippen molar-refractivity contribution in [2.75, 3.05) is 23.7 Å². The highest BCUT2D eigenvalue weighted by Gasteiger charge is 2.22. The molecule has 0 amide bonds. The smallest absolute Gasteiger partial charge is 0.182 e. The van der Waals surface area contributed by atoms with Crippen LogP contribution in [0.1, 0.15) is 27.9 Å². The van der Waals surface area contributed by atoms with Crippen molar-refractivity contribution < 1.29 is 9.18 Å². The molecule has 1 heterocycles. The molecule has 0 atom stereocenters. The van der Waals surface area contributed by atoms with Gasteiger partial charge < -0.3 is 4.90 Å². The third kappa shape index (κ3) is 4.10. The van der Waals surface area contributed by atoms with Crippen molar-refractivity contribution in [2.24, 2.45) is 4.99 Å². The van der Waals surface area contributed by atoms with Crippen LogP contribution < -0.4 is 4.90 Å². The molecule has 0 aliphatic carbocycles. The summed E-state index contributed by atoms with van der Waals surface area (Å²) in [7, 11) is 0. The zero-order chi connectivity index (χ0) is 17.8. The molecule has 0 N–H and O–H groups in total. The quantitative estimate of drug-likeness (QED) is 0.749. The number of Topliss-reactive ketones (excluding diaryl/α,β-unsaturated/α-hetero) is 1. The molecule has 130 valence electrons. The molecule has 3 rings (SSSR count). The maximum atomic E-state index is 13.1. The number of halogens is 1. The maximum absolute atomic E-state index is 13.1. The van der Waals surface area contributed by atoms with Crippen LogP contribution in [0.3, 0.4) is 0 Å². The lowest BCUT2D eigenvalue weighted by atomic mass is 10.1. The first-order chi connectivity index (χ1) is 12.1. The van der Waals surface area contributed by atoms with Gasteiger partial charge in [0.25, 0.3) is 0 Å². The van der Waals surface area contributed by atoms with Gasteiger partial charge in [-0.2, -0.15) is 0 Å². The molecule has 0 fully saturated rings. The van der Waals surface area contributed by atoms with Crippen LogP contribution in [-0.2, 0) is 0 Å². The average Bonchev–Trinajstić information content (AvgIpc) is 2.63. The Labute approximate surface area is 152 Å². The van der Waals surface area contributed by atoms with Crippen molar-refractivity contribution in [2.45, 2.75) is 20.3 Å². The molecule has 0 saturated heterocycles. The summed E-state index contributed by atoms with van der Waals surface area (Å²) in [6.07, 6.45) is 1.06. The summed E-state index contributed by atoms with van der Waals surface area (Å²) in [6.45, 7) is 5.11. The molecular formula is C20H21FN2OS. The number of aryl methyl sites for hydroxylation is 1. The van der Waals surface area contributed by atoms with E-state index in [9.17, 15) is 9.18 Å². The largest absolute Gasteiger partial charge is 0.313 e. The highest BCUT2D eigenvalue weighted by Crippen LogP contribution is 2.28. The van der Waals surface area contributed by atoms with Gasteiger partial charge in [-0.1, -0.05) is 23.9 Å². The predicted octanol–water partition coefficient (Wildman–Crippen LogP) is 4.62. The normalized spacial score (nSPS) is 14.1. The number of anilines is 1. The minimum Gasteiger partial charge on any atom is -0.313 e. The van der Waals surface area contributed by atoms with E-state index in [1.54, 1.807) is 11.8 Å². The molecule has 0 radical (unpaired) electrons. The Hall–Kier alpha value is -2.14. The molecule has 1 aliphatic heterocycles. The summed E-state index contributed by atoms with van der Waals surface area (Å²) < 4.78 is 13.1. The molecule has 0 spiro atoms. The molecule has 25 heavy (non-hydrogen) atoms. The number of carbonyl (C=O) groups is 1. The zero-order valence-corrected chi connectivity index (χ0v) is 15.3. The number of benzene rings is 2. The Morgan fingerprint density at radius 1 is 1.20 bits per heavy atom. The topological polar surface area (TPSA) is 32.7 Å². The lowest BCUT2D eigenvalue weighted by Crippen LogP contribution is -2.36. The second-order valence-electron chi connectivity index (χ2n) is 6.10. The third-order valence-corrected chi connectivity index (χ3v) is 5.45. The number of rotatable bonds is 4. The van der Waals surface area contributed by atoms with Gasteiger partial charge in [-0.15, -0.1) is 0 Å². The molecule has 0 unspecified atom stereocenters. The van der Waals surface area contributed by atoms with E-state index in [0.717, 1.165) is 35.1 Å². The predicted molar refractivity (Wildman–Crippen MR) is 103 cm³/mol. The van der Waals surface area contributed by atoms with E-state index < -0.39 is 0 Å². The van der Waals surface area contributed by atoms with Gasteiger partial charge in [-0.25, -0.2) is 4.39 Å². The van der Waals surface area contributed by atoms with Crippen LogP contribution in [0.5, 0.6) is 0 Å². The van der Waals surface area contributed by atoms with E-state index in [1.807, 2.05) is 17.0 Å². The first-order valence-corrected chi connectivity index (χ1v) is 9.34. The number of carbonyl (C=O) groups excluding carboxylic acids is 1. The van der Waals surface area contributed by atoms with Gasteiger partial charge >= 0.3 is 0 Å². The molecule has 0 saturated carbocycles. The van der Waals surface area contributed by atoms with Crippen LogP contribution in [0.15, 0.2) is 47.5 Å². The van der Waals surface area contributed by atoms with Gasteiger partial charge in [-0.3, -0.25) is 9.79 Å². The Bertz CT molecular complexity index is 802. The van der Waals surface area contributed by atoms with E-state index >= 15 is 0 Å². The van der Waals surface area contributed by atoms with Gasteiger partial charge in [0.2, 0.25) is 0 Å². The van der Waals surface area contributed by atoms with Crippen LogP contribution >= 0.6 is 11.8 Å². The fourth-order valence-electron chi connectivity index (χ4n) is 2.77. The summed E-state index contributed by atoms with van der Waals surface area (Å²) >= 11 is 1.68. The van der Waals surface area contributed by atoms with Gasteiger partial charge in [0.05, 0.1) is 6.54 Å². The average molecular weight is 356 g/mol. The van der Waals surface area contributed by atoms with Crippen molar-refractivity contribution in [1.29, 1.82) is 0 Å². The number of hydrogen-bond donors (Lipinski definition) is 0. The molecule has 5 heteroatoms. The van der Waals surface area contributed by atoms with E-state index in [4.69, 9.17) is 0 Å². The number of amidine groups is 1. The van der Waals surface area contributed by atoms with Crippen LogP contribution in [-0.4, -0.2) is 29.8 Å². The molecule has 2 aromatic rings. The van der Waals surface area contributed by atoms with Crippen molar-refractivity contribution >= 4 is 28.4 Å². The second-order valence-corrected chi connectivity index (χ2v) is 7.16. The molecule has 3 nitrogen and oxygen atoms in total. The van der Waals surface area contributed by atoms with Gasteiger partial charge in [0.1, 0.15) is 5.82 Å². The van der Waals surface area contributed by atoms with Gasteiger partial charge in [0.15, 0.2) is 11.0 Å². The van der Waals surface area contributed by atoms with Crippen molar-refractivity contribution in [3.05, 3.63) is 65.0 Å². The van der Waals surface area contributed by atoms with Crippen molar-refractivity contribution in [3.63, 3.8) is 0 Å². The van der Waals surface area contributed by atoms with Crippen LogP contribution in [0.4, 0.5) is 10.1 Å². The SMILES string of the molecule is Cc1cccc(N(CC(=O)c2ccc(F)cc2)C2=NCCCS2)c1C. The van der Waals surface area contributed by atoms with Crippen molar-refractivity contribution in [1.82, 2.24) is 0 Å². The minimum atomic E-state index is -0.338. The fourth-order valence-corrected chi connectivity index (χ4v) is 3.72. The summed E-state index contributed by atoms with van der Waals surface area (Å²) in [5, 5.41) is 0.885. The highest BCUT2D eigenvalue weighted by molar-refractivity contribution is 8.14. The van der Waals surface area contributed by atoms with Crippen LogP contribution in [0.2, 0.25) is 0 Å². The number of aliphatic imine (C=N–C) groups is 1. The molecular weight excluding hydrogens is 335 g/mol. The Morgan fingerprint density at radius 2 is 1.96 bits per heavy atom. The van der Waals surface area contributed by atoms with E-state index in [2.05, 4.69) is 24.9 Å². The summed E-state index contributed by atoms with van der Waals surface area (Å²) in [6, 6.07) is 11.8. The first kappa shape index (κ1) is 17.7. The van der Waals surface area contributed by atoms with E-state index in [1.165, 1.54) is 29.8 Å². The molecule has 2 aromatic carbocycles. The number of hydrogen-bond acceptors (Lipinski definition) is 4. The lowest BCUT2D eigenvalue weighted by molar-refractivity contribution is 0.100. The highest BCUT2D eigenvalue weighted by atomic mass is 32.2. The molecule has 0 bridgehead atoms. The molecule has 1 aliphatic rings. The Morgan fingerprint density at radius 3 is 2.64 bits per heavy atom. The molecule has 0 aromatic heterocycles. The first-order valence-electron chi connectivity index (χ1n) is 8.36. The van der Waals surface area contributed by atoms with Gasteiger partial charge in [-0.05, 0) is 61.7 Å². The second kappa shape index (κ2) is 7.83. The van der Waals surface area contributed by atoms with E-state index in [0.29, 0.717) is 5.56 Å². The minimum absolute atomic E-state index is 0.0465. The maximum Gasteiger partial charge on any atom is 0.182 e. The zero-order valence-electron chi connectivity index (χ0n) is 14.5. The monoisotopic (exact) mass is 356 g/mol. The van der Waals surface area contributed by atoms with Crippen molar-refractivity contribution in [3.8, 4) is 0 Å². The summed E-state index contributed by atoms with van der Waals surface area (Å²) in [5.74, 6) is 0.621. The number of thioether (sulfide) groups is 1. The number of ketones is 1.